The number of aromatic amines is 1. The van der Waals surface area contributed by atoms with E-state index in [1.54, 1.807) is 13.8 Å². The smallest absolute Gasteiger partial charge is 0.170 e. The summed E-state index contributed by atoms with van der Waals surface area (Å²) in [6.07, 6.45) is 1.24. The van der Waals surface area contributed by atoms with Crippen molar-refractivity contribution in [2.75, 3.05) is 26.2 Å². The molecule has 3 aromatic carbocycles. The number of nitrogens with one attached hydrogen (secondary N) is 2. The number of nitrogens with zero attached hydrogens (tertiary/aromatic N) is 3. The van der Waals surface area contributed by atoms with Gasteiger partial charge in [0, 0.05) is 55.8 Å². The Balaban J connectivity index is 1.28. The van der Waals surface area contributed by atoms with Gasteiger partial charge in [0.15, 0.2) is 5.78 Å². The van der Waals surface area contributed by atoms with Gasteiger partial charge in [0.2, 0.25) is 0 Å². The van der Waals surface area contributed by atoms with Crippen LogP contribution >= 0.6 is 0 Å². The van der Waals surface area contributed by atoms with Gasteiger partial charge in [-0.2, -0.15) is 0 Å². The van der Waals surface area contributed by atoms with Crippen LogP contribution in [0.2, 0.25) is 0 Å². The Labute approximate surface area is 255 Å². The molecule has 1 aliphatic rings. The first-order chi connectivity index (χ1) is 21.1. The number of halogens is 2. The van der Waals surface area contributed by atoms with Gasteiger partial charge in [0.05, 0.1) is 16.9 Å². The van der Waals surface area contributed by atoms with Crippen molar-refractivity contribution < 1.29 is 18.7 Å². The van der Waals surface area contributed by atoms with Crippen molar-refractivity contribution in [1.29, 1.82) is 0 Å². The van der Waals surface area contributed by atoms with Crippen LogP contribution in [0.4, 0.5) is 8.78 Å². The van der Waals surface area contributed by atoms with Crippen LogP contribution in [0.25, 0.3) is 33.5 Å². The number of carbonyl (C=O) groups excluding carboxylic acids is 1. The highest BCUT2D eigenvalue weighted by Crippen LogP contribution is 2.34. The molecular formula is C35H35F2N5O2. The molecule has 3 heterocycles. The molecule has 3 N–H and O–H groups in total. The molecule has 1 aliphatic heterocycles. The van der Waals surface area contributed by atoms with E-state index in [2.05, 4.69) is 49.4 Å². The van der Waals surface area contributed by atoms with Gasteiger partial charge >= 0.3 is 0 Å². The number of fused-ring (bicyclic) bond motifs is 1. The Morgan fingerprint density at radius 3 is 2.45 bits per heavy atom. The Morgan fingerprint density at radius 2 is 1.75 bits per heavy atom. The molecule has 0 saturated carbocycles. The van der Waals surface area contributed by atoms with E-state index in [4.69, 9.17) is 0 Å². The third-order valence-corrected chi connectivity index (χ3v) is 8.37. The molecule has 0 radical (unpaired) electrons. The quantitative estimate of drug-likeness (QED) is 0.192. The first-order valence-electron chi connectivity index (χ1n) is 14.8. The van der Waals surface area contributed by atoms with Crippen molar-refractivity contribution >= 4 is 16.8 Å². The number of aliphatic hydroxyl groups is 1. The van der Waals surface area contributed by atoms with Crippen LogP contribution < -0.4 is 5.32 Å². The van der Waals surface area contributed by atoms with E-state index in [0.29, 0.717) is 33.6 Å². The van der Waals surface area contributed by atoms with Crippen LogP contribution in [0.5, 0.6) is 0 Å². The molecule has 44 heavy (non-hydrogen) atoms. The van der Waals surface area contributed by atoms with Gasteiger partial charge in [-0.25, -0.2) is 18.7 Å². The summed E-state index contributed by atoms with van der Waals surface area (Å²) in [6.45, 7) is 9.90. The van der Waals surface area contributed by atoms with Crippen molar-refractivity contribution in [2.45, 2.75) is 39.3 Å². The summed E-state index contributed by atoms with van der Waals surface area (Å²) in [5.41, 5.74) is 4.93. The highest BCUT2D eigenvalue weighted by atomic mass is 19.1. The van der Waals surface area contributed by atoms with Gasteiger partial charge in [-0.15, -0.1) is 0 Å². The summed E-state index contributed by atoms with van der Waals surface area (Å²) in [7, 11) is 0. The number of carbonyl (C=O) groups is 1. The SMILES string of the molecule is Cc1c(CC(=O)c2ccc(C(C)(C)O)cc2F)cc(F)cc1-c1ncnc2[nH]c(-c3ccc(CN4CCNCC4)cc3)cc12. The molecule has 2 aromatic heterocycles. The Morgan fingerprint density at radius 1 is 1.00 bits per heavy atom. The van der Waals surface area contributed by atoms with Crippen LogP contribution in [0.1, 0.15) is 46.5 Å². The summed E-state index contributed by atoms with van der Waals surface area (Å²) in [5.74, 6) is -1.73. The summed E-state index contributed by atoms with van der Waals surface area (Å²) < 4.78 is 29.9. The fraction of sp³-hybridized carbons (Fsp3) is 0.286. The lowest BCUT2D eigenvalue weighted by Gasteiger charge is -2.27. The summed E-state index contributed by atoms with van der Waals surface area (Å²) in [5, 5.41) is 14.3. The average Bonchev–Trinajstić information content (AvgIpc) is 3.44. The zero-order valence-electron chi connectivity index (χ0n) is 25.0. The molecule has 0 spiro atoms. The zero-order chi connectivity index (χ0) is 31.0. The van der Waals surface area contributed by atoms with Crippen molar-refractivity contribution in [3.8, 4) is 22.5 Å². The van der Waals surface area contributed by atoms with E-state index in [-0.39, 0.29) is 12.0 Å². The van der Waals surface area contributed by atoms with Gasteiger partial charge in [-0.1, -0.05) is 30.3 Å². The van der Waals surface area contributed by atoms with Gasteiger partial charge in [-0.3, -0.25) is 9.69 Å². The molecule has 1 saturated heterocycles. The monoisotopic (exact) mass is 595 g/mol. The van der Waals surface area contributed by atoms with Crippen LogP contribution in [0.3, 0.4) is 0 Å². The lowest BCUT2D eigenvalue weighted by molar-refractivity contribution is 0.0780. The lowest BCUT2D eigenvalue weighted by atomic mass is 9.92. The van der Waals surface area contributed by atoms with E-state index in [1.165, 1.54) is 36.2 Å². The topological polar surface area (TPSA) is 94.1 Å². The van der Waals surface area contributed by atoms with E-state index in [9.17, 15) is 14.3 Å². The number of benzene rings is 3. The van der Waals surface area contributed by atoms with Gasteiger partial charge < -0.3 is 15.4 Å². The number of rotatable bonds is 8. The van der Waals surface area contributed by atoms with Crippen LogP contribution in [-0.2, 0) is 18.6 Å². The number of ketones is 1. The fourth-order valence-electron chi connectivity index (χ4n) is 5.78. The Bertz CT molecular complexity index is 1840. The van der Waals surface area contributed by atoms with Crippen LogP contribution in [0.15, 0.2) is 67.0 Å². The number of Topliss-reactive ketones (excluding diaryl/α,β-unsaturated/α-hetero) is 1. The largest absolute Gasteiger partial charge is 0.386 e. The van der Waals surface area contributed by atoms with Crippen molar-refractivity contribution in [3.05, 3.63) is 106 Å². The lowest BCUT2D eigenvalue weighted by Crippen LogP contribution is -2.42. The van der Waals surface area contributed by atoms with Gasteiger partial charge in [0.25, 0.3) is 0 Å². The molecule has 6 rings (SSSR count). The van der Waals surface area contributed by atoms with Crippen molar-refractivity contribution in [1.82, 2.24) is 25.2 Å². The van der Waals surface area contributed by atoms with E-state index >= 15 is 4.39 Å². The van der Waals surface area contributed by atoms with Gasteiger partial charge in [-0.05, 0) is 78.9 Å². The maximum atomic E-state index is 15.0. The standard InChI is InChI=1S/C35H35F2N5O2/c1-21-24(15-32(43)27-9-8-25(16-30(27)37)35(2,3)44)14-26(36)17-28(21)33-29-18-31(41-34(29)40-20-39-33)23-6-4-22(5-7-23)19-42-12-10-38-11-13-42/h4-9,14,16-18,20,38,44H,10-13,15,19H2,1-3H3,(H,39,40,41). The predicted octanol–water partition coefficient (Wildman–Crippen LogP) is 5.94. The molecule has 0 bridgehead atoms. The van der Waals surface area contributed by atoms with Crippen LogP contribution in [-0.4, -0.2) is 56.9 Å². The maximum absolute atomic E-state index is 15.0. The molecule has 0 aliphatic carbocycles. The molecule has 0 atom stereocenters. The number of aromatic nitrogens is 3. The Kier molecular flexibility index (Phi) is 8.11. The molecular weight excluding hydrogens is 560 g/mol. The second-order valence-corrected chi connectivity index (χ2v) is 12.0. The normalized spacial score (nSPS) is 14.3. The Hall–Kier alpha value is -4.31. The molecule has 9 heteroatoms. The minimum atomic E-state index is -1.24. The third kappa shape index (κ3) is 6.17. The second kappa shape index (κ2) is 12.0. The predicted molar refractivity (Wildman–Crippen MR) is 167 cm³/mol. The fourth-order valence-corrected chi connectivity index (χ4v) is 5.78. The van der Waals surface area contributed by atoms with Crippen LogP contribution in [0, 0.1) is 18.6 Å². The number of hydrogen-bond acceptors (Lipinski definition) is 6. The average molecular weight is 596 g/mol. The summed E-state index contributed by atoms with van der Waals surface area (Å²) in [6, 6.07) is 17.2. The number of hydrogen-bond donors (Lipinski definition) is 3. The minimum Gasteiger partial charge on any atom is -0.386 e. The highest BCUT2D eigenvalue weighted by Gasteiger charge is 2.22. The van der Waals surface area contributed by atoms with E-state index in [0.717, 1.165) is 55.4 Å². The molecule has 7 nitrogen and oxygen atoms in total. The molecule has 1 fully saturated rings. The minimum absolute atomic E-state index is 0.109. The first kappa shape index (κ1) is 29.7. The van der Waals surface area contributed by atoms with E-state index in [1.807, 2.05) is 13.0 Å². The van der Waals surface area contributed by atoms with Crippen molar-refractivity contribution in [2.24, 2.45) is 0 Å². The second-order valence-electron chi connectivity index (χ2n) is 12.0. The zero-order valence-corrected chi connectivity index (χ0v) is 25.0. The van der Waals surface area contributed by atoms with Crippen molar-refractivity contribution in [3.63, 3.8) is 0 Å². The molecule has 5 aromatic rings. The highest BCUT2D eigenvalue weighted by molar-refractivity contribution is 5.99. The number of H-pyrrole nitrogens is 1. The third-order valence-electron chi connectivity index (χ3n) is 8.37. The maximum Gasteiger partial charge on any atom is 0.170 e. The first-order valence-corrected chi connectivity index (χ1v) is 14.8. The summed E-state index contributed by atoms with van der Waals surface area (Å²) in [4.78, 5) is 27.9. The molecule has 0 amide bonds. The molecule has 226 valence electrons. The van der Waals surface area contributed by atoms with Gasteiger partial charge in [0.1, 0.15) is 23.6 Å². The summed E-state index contributed by atoms with van der Waals surface area (Å²) >= 11 is 0. The molecule has 0 unspecified atom stereocenters. The van der Waals surface area contributed by atoms with E-state index < -0.39 is 23.0 Å². The number of piperazine rings is 1.